The van der Waals surface area contributed by atoms with Crippen LogP contribution in [0.3, 0.4) is 0 Å². The summed E-state index contributed by atoms with van der Waals surface area (Å²) in [5.74, 6) is -1.03. The van der Waals surface area contributed by atoms with Gasteiger partial charge in [0.1, 0.15) is 6.04 Å². The first-order valence-electron chi connectivity index (χ1n) is 7.05. The molecule has 0 aliphatic heterocycles. The van der Waals surface area contributed by atoms with E-state index in [9.17, 15) is 14.7 Å². The van der Waals surface area contributed by atoms with Crippen molar-refractivity contribution < 1.29 is 14.7 Å². The summed E-state index contributed by atoms with van der Waals surface area (Å²) in [6.07, 6.45) is 1.48. The van der Waals surface area contributed by atoms with Gasteiger partial charge in [-0.05, 0) is 17.7 Å². The number of benzene rings is 2. The van der Waals surface area contributed by atoms with Crippen molar-refractivity contribution in [1.82, 2.24) is 10.7 Å². The quantitative estimate of drug-likeness (QED) is 0.547. The molecule has 23 heavy (non-hydrogen) atoms. The number of nitrogens with zero attached hydrogens (tertiary/aromatic N) is 1. The van der Waals surface area contributed by atoms with Crippen LogP contribution in [0.5, 0.6) is 0 Å². The number of aliphatic hydroxyl groups is 1. The Morgan fingerprint density at radius 1 is 1.04 bits per heavy atom. The first-order chi connectivity index (χ1) is 11.2. The Morgan fingerprint density at radius 3 is 2.26 bits per heavy atom. The minimum absolute atomic E-state index is 0.409. The van der Waals surface area contributed by atoms with Crippen molar-refractivity contribution in [2.45, 2.75) is 6.04 Å². The van der Waals surface area contributed by atoms with Crippen LogP contribution in [0.2, 0.25) is 0 Å². The Bertz CT molecular complexity index is 672. The van der Waals surface area contributed by atoms with Gasteiger partial charge in [-0.15, -0.1) is 0 Å². The van der Waals surface area contributed by atoms with Crippen molar-refractivity contribution in [2.75, 3.05) is 6.61 Å². The Hall–Kier alpha value is -2.99. The van der Waals surface area contributed by atoms with E-state index < -0.39 is 24.5 Å². The number of carbonyl (C=O) groups is 2. The fourth-order valence-electron chi connectivity index (χ4n) is 1.81. The second-order valence-corrected chi connectivity index (χ2v) is 4.72. The lowest BCUT2D eigenvalue weighted by Gasteiger charge is -2.14. The van der Waals surface area contributed by atoms with Crippen LogP contribution in [0.1, 0.15) is 15.9 Å². The van der Waals surface area contributed by atoms with E-state index in [1.807, 2.05) is 30.3 Å². The number of hydrazone groups is 1. The summed E-state index contributed by atoms with van der Waals surface area (Å²) >= 11 is 0. The number of amides is 2. The van der Waals surface area contributed by atoms with E-state index in [0.29, 0.717) is 5.56 Å². The fourth-order valence-corrected chi connectivity index (χ4v) is 1.81. The van der Waals surface area contributed by atoms with Gasteiger partial charge >= 0.3 is 0 Å². The van der Waals surface area contributed by atoms with Crippen LogP contribution < -0.4 is 10.7 Å². The highest BCUT2D eigenvalue weighted by Crippen LogP contribution is 1.99. The van der Waals surface area contributed by atoms with E-state index in [4.69, 9.17) is 0 Å². The van der Waals surface area contributed by atoms with Gasteiger partial charge in [-0.3, -0.25) is 9.59 Å². The van der Waals surface area contributed by atoms with Crippen molar-refractivity contribution in [1.29, 1.82) is 0 Å². The summed E-state index contributed by atoms with van der Waals surface area (Å²) in [5, 5.41) is 15.5. The Morgan fingerprint density at radius 2 is 1.65 bits per heavy atom. The van der Waals surface area contributed by atoms with Gasteiger partial charge in [0.05, 0.1) is 12.8 Å². The molecule has 1 unspecified atom stereocenters. The molecule has 0 spiro atoms. The number of carbonyl (C=O) groups excluding carboxylic acids is 2. The van der Waals surface area contributed by atoms with Gasteiger partial charge in [-0.25, -0.2) is 5.43 Å². The van der Waals surface area contributed by atoms with Crippen molar-refractivity contribution in [3.05, 3.63) is 71.8 Å². The molecule has 0 fully saturated rings. The summed E-state index contributed by atoms with van der Waals surface area (Å²) in [4.78, 5) is 23.9. The smallest absolute Gasteiger partial charge is 0.265 e. The minimum Gasteiger partial charge on any atom is -0.394 e. The lowest BCUT2D eigenvalue weighted by Crippen LogP contribution is -2.47. The molecule has 0 aliphatic carbocycles. The van der Waals surface area contributed by atoms with Crippen LogP contribution in [-0.2, 0) is 4.79 Å². The summed E-state index contributed by atoms with van der Waals surface area (Å²) < 4.78 is 0. The molecule has 118 valence electrons. The average Bonchev–Trinajstić information content (AvgIpc) is 2.61. The molecule has 0 radical (unpaired) electrons. The molecule has 0 aromatic heterocycles. The number of nitrogens with one attached hydrogen (secondary N) is 2. The van der Waals surface area contributed by atoms with E-state index in [2.05, 4.69) is 15.8 Å². The lowest BCUT2D eigenvalue weighted by atomic mass is 10.2. The van der Waals surface area contributed by atoms with Crippen LogP contribution in [0.4, 0.5) is 0 Å². The van der Waals surface area contributed by atoms with Crippen LogP contribution in [-0.4, -0.2) is 35.8 Å². The van der Waals surface area contributed by atoms with Gasteiger partial charge in [0.2, 0.25) is 0 Å². The predicted molar refractivity (Wildman–Crippen MR) is 87.0 cm³/mol. The predicted octanol–water partition coefficient (Wildman–Crippen LogP) is 0.928. The van der Waals surface area contributed by atoms with Crippen molar-refractivity contribution in [3.8, 4) is 0 Å². The van der Waals surface area contributed by atoms with E-state index in [1.165, 1.54) is 6.21 Å². The monoisotopic (exact) mass is 311 g/mol. The standard InChI is InChI=1S/C17H17N3O3/c21-12-15(19-16(22)14-9-5-2-6-10-14)17(23)20-18-11-13-7-3-1-4-8-13/h1-11,15,21H,12H2,(H,19,22)(H,20,23). The van der Waals surface area contributed by atoms with Crippen LogP contribution in [0.15, 0.2) is 65.8 Å². The van der Waals surface area contributed by atoms with E-state index in [-0.39, 0.29) is 0 Å². The molecule has 6 heteroatoms. The summed E-state index contributed by atoms with van der Waals surface area (Å²) in [6.45, 7) is -0.523. The molecule has 1 atom stereocenters. The molecule has 0 saturated heterocycles. The third kappa shape index (κ3) is 5.05. The molecule has 2 aromatic carbocycles. The first-order valence-corrected chi connectivity index (χ1v) is 7.05. The molecule has 0 aliphatic rings. The average molecular weight is 311 g/mol. The molecule has 2 aromatic rings. The Kier molecular flexibility index (Phi) is 6.02. The zero-order valence-corrected chi connectivity index (χ0v) is 12.3. The van der Waals surface area contributed by atoms with E-state index >= 15 is 0 Å². The normalized spacial score (nSPS) is 11.9. The summed E-state index contributed by atoms with van der Waals surface area (Å²) in [7, 11) is 0. The number of hydrogen-bond donors (Lipinski definition) is 3. The molecule has 0 heterocycles. The zero-order chi connectivity index (χ0) is 16.5. The Balaban J connectivity index is 1.91. The molecule has 2 amide bonds. The fraction of sp³-hybridized carbons (Fsp3) is 0.118. The second kappa shape index (κ2) is 8.45. The Labute approximate surface area is 133 Å². The molecule has 0 saturated carbocycles. The van der Waals surface area contributed by atoms with Gasteiger partial charge in [0, 0.05) is 5.56 Å². The maximum absolute atomic E-state index is 12.0. The molecule has 6 nitrogen and oxygen atoms in total. The van der Waals surface area contributed by atoms with Gasteiger partial charge in [-0.1, -0.05) is 48.5 Å². The van der Waals surface area contributed by atoms with Gasteiger partial charge in [-0.2, -0.15) is 5.10 Å². The molecule has 3 N–H and O–H groups in total. The highest BCUT2D eigenvalue weighted by atomic mass is 16.3. The lowest BCUT2D eigenvalue weighted by molar-refractivity contribution is -0.123. The largest absolute Gasteiger partial charge is 0.394 e. The van der Waals surface area contributed by atoms with Crippen LogP contribution >= 0.6 is 0 Å². The summed E-state index contributed by atoms with van der Waals surface area (Å²) in [5.41, 5.74) is 3.52. The summed E-state index contributed by atoms with van der Waals surface area (Å²) in [6, 6.07) is 16.6. The number of hydrogen-bond acceptors (Lipinski definition) is 4. The molecular formula is C17H17N3O3. The minimum atomic E-state index is -1.07. The van der Waals surface area contributed by atoms with Crippen LogP contribution in [0.25, 0.3) is 0 Å². The number of rotatable bonds is 6. The van der Waals surface area contributed by atoms with Gasteiger partial charge in [0.15, 0.2) is 0 Å². The molecular weight excluding hydrogens is 294 g/mol. The molecule has 0 bridgehead atoms. The van der Waals surface area contributed by atoms with Crippen molar-refractivity contribution in [3.63, 3.8) is 0 Å². The number of aliphatic hydroxyl groups excluding tert-OH is 1. The zero-order valence-electron chi connectivity index (χ0n) is 12.3. The maximum Gasteiger partial charge on any atom is 0.265 e. The third-order valence-electron chi connectivity index (χ3n) is 3.03. The first kappa shape index (κ1) is 16.4. The van der Waals surface area contributed by atoms with E-state index in [0.717, 1.165) is 5.56 Å². The highest BCUT2D eigenvalue weighted by molar-refractivity contribution is 5.97. The van der Waals surface area contributed by atoms with Crippen molar-refractivity contribution >= 4 is 18.0 Å². The van der Waals surface area contributed by atoms with Gasteiger partial charge < -0.3 is 10.4 Å². The molecule has 2 rings (SSSR count). The van der Waals surface area contributed by atoms with Gasteiger partial charge in [0.25, 0.3) is 11.8 Å². The van der Waals surface area contributed by atoms with Crippen molar-refractivity contribution in [2.24, 2.45) is 5.10 Å². The highest BCUT2D eigenvalue weighted by Gasteiger charge is 2.20. The van der Waals surface area contributed by atoms with E-state index in [1.54, 1.807) is 30.3 Å². The van der Waals surface area contributed by atoms with Crippen LogP contribution in [0, 0.1) is 0 Å². The third-order valence-corrected chi connectivity index (χ3v) is 3.03. The maximum atomic E-state index is 12.0. The topological polar surface area (TPSA) is 90.8 Å². The second-order valence-electron chi connectivity index (χ2n) is 4.72. The SMILES string of the molecule is O=C(NC(CO)C(=O)NN=Cc1ccccc1)c1ccccc1.